The third kappa shape index (κ3) is 6.65. The van der Waals surface area contributed by atoms with E-state index < -0.39 is 5.25 Å². The first-order valence-corrected chi connectivity index (χ1v) is 12.5. The van der Waals surface area contributed by atoms with Gasteiger partial charge < -0.3 is 10.1 Å². The van der Waals surface area contributed by atoms with Gasteiger partial charge in [0.25, 0.3) is 0 Å². The van der Waals surface area contributed by atoms with Crippen molar-refractivity contribution in [1.29, 1.82) is 0 Å². The number of anilines is 1. The lowest BCUT2D eigenvalue weighted by Crippen LogP contribution is -2.46. The molecular formula is C27H26ClN3O3S. The summed E-state index contributed by atoms with van der Waals surface area (Å²) in [6.45, 7) is 2.42. The van der Waals surface area contributed by atoms with Crippen molar-refractivity contribution in [1.82, 2.24) is 4.90 Å². The average molecular weight is 508 g/mol. The molecule has 1 fully saturated rings. The van der Waals surface area contributed by atoms with Crippen LogP contribution in [0.25, 0.3) is 0 Å². The van der Waals surface area contributed by atoms with Crippen LogP contribution in [0.2, 0.25) is 5.02 Å². The van der Waals surface area contributed by atoms with Crippen molar-refractivity contribution in [3.8, 4) is 5.75 Å². The number of ether oxygens (including phenoxy) is 1. The maximum atomic E-state index is 13.2. The fourth-order valence-corrected chi connectivity index (χ4v) is 4.92. The largest absolute Gasteiger partial charge is 0.497 e. The molecule has 0 aliphatic carbocycles. The van der Waals surface area contributed by atoms with Crippen molar-refractivity contribution in [3.63, 3.8) is 0 Å². The molecule has 0 spiro atoms. The van der Waals surface area contributed by atoms with Crippen LogP contribution in [0.1, 0.15) is 17.5 Å². The molecule has 1 saturated heterocycles. The monoisotopic (exact) mass is 507 g/mol. The highest BCUT2D eigenvalue weighted by Crippen LogP contribution is 2.31. The minimum Gasteiger partial charge on any atom is -0.497 e. The zero-order valence-corrected chi connectivity index (χ0v) is 21.1. The van der Waals surface area contributed by atoms with Crippen LogP contribution < -0.4 is 10.1 Å². The Bertz CT molecular complexity index is 1230. The highest BCUT2D eigenvalue weighted by atomic mass is 35.5. The molecule has 0 unspecified atom stereocenters. The van der Waals surface area contributed by atoms with Crippen molar-refractivity contribution in [2.75, 3.05) is 19.0 Å². The van der Waals surface area contributed by atoms with Gasteiger partial charge in [-0.3, -0.25) is 14.5 Å². The third-order valence-electron chi connectivity index (χ3n) is 5.55. The van der Waals surface area contributed by atoms with E-state index in [9.17, 15) is 9.59 Å². The van der Waals surface area contributed by atoms with E-state index in [4.69, 9.17) is 21.3 Å². The Labute approximate surface area is 214 Å². The van der Waals surface area contributed by atoms with E-state index in [1.54, 1.807) is 12.0 Å². The molecule has 4 rings (SSSR count). The first-order chi connectivity index (χ1) is 16.9. The van der Waals surface area contributed by atoms with Gasteiger partial charge in [0.05, 0.1) is 12.8 Å². The standard InChI is InChI=1S/C27H26ClN3O3S/c1-18-4-3-5-22(16-18)29-26(33)24-17-25(32)31(15-14-19-6-8-20(28)9-7-19)27(35-24)30-21-10-12-23(34-2)13-11-21/h3-13,16,24H,14-15,17H2,1-2H3,(H,29,33)/t24-/m0/s1. The number of carbonyl (C=O) groups excluding carboxylic acids is 2. The Kier molecular flexibility index (Phi) is 8.10. The number of carbonyl (C=O) groups is 2. The van der Waals surface area contributed by atoms with Crippen molar-refractivity contribution in [3.05, 3.63) is 88.9 Å². The fraction of sp³-hybridized carbons (Fsp3) is 0.222. The third-order valence-corrected chi connectivity index (χ3v) is 6.99. The Morgan fingerprint density at radius 1 is 1.14 bits per heavy atom. The summed E-state index contributed by atoms with van der Waals surface area (Å²) in [5, 5.41) is 3.53. The first kappa shape index (κ1) is 24.8. The summed E-state index contributed by atoms with van der Waals surface area (Å²) in [5.41, 5.74) is 3.50. The molecular weight excluding hydrogens is 482 g/mol. The number of halogens is 1. The molecule has 6 nitrogen and oxygen atoms in total. The molecule has 0 radical (unpaired) electrons. The lowest BCUT2D eigenvalue weighted by molar-refractivity contribution is -0.129. The zero-order chi connectivity index (χ0) is 24.8. The molecule has 2 amide bonds. The topological polar surface area (TPSA) is 71.0 Å². The number of aryl methyl sites for hydroxylation is 1. The number of thioether (sulfide) groups is 1. The van der Waals surface area contributed by atoms with E-state index in [1.807, 2.05) is 79.7 Å². The Morgan fingerprint density at radius 2 is 1.89 bits per heavy atom. The zero-order valence-electron chi connectivity index (χ0n) is 19.5. The molecule has 0 bridgehead atoms. The molecule has 1 N–H and O–H groups in total. The minimum absolute atomic E-state index is 0.102. The quantitative estimate of drug-likeness (QED) is 0.435. The van der Waals surface area contributed by atoms with Crippen molar-refractivity contribution >= 4 is 51.7 Å². The van der Waals surface area contributed by atoms with Crippen LogP contribution in [0.3, 0.4) is 0 Å². The minimum atomic E-state index is -0.577. The number of hydrogen-bond donors (Lipinski definition) is 1. The molecule has 3 aromatic carbocycles. The Morgan fingerprint density at radius 3 is 2.57 bits per heavy atom. The van der Waals surface area contributed by atoms with Crippen LogP contribution in [-0.4, -0.2) is 40.8 Å². The summed E-state index contributed by atoms with van der Waals surface area (Å²) in [5.74, 6) is 0.374. The normalized spacial score (nSPS) is 16.9. The number of nitrogens with one attached hydrogen (secondary N) is 1. The predicted octanol–water partition coefficient (Wildman–Crippen LogP) is 5.86. The van der Waals surface area contributed by atoms with Crippen molar-refractivity contribution < 1.29 is 14.3 Å². The number of amides is 2. The van der Waals surface area contributed by atoms with Crippen molar-refractivity contribution in [2.24, 2.45) is 4.99 Å². The number of benzene rings is 3. The maximum absolute atomic E-state index is 13.2. The highest BCUT2D eigenvalue weighted by Gasteiger charge is 2.35. The van der Waals surface area contributed by atoms with Gasteiger partial charge in [0.2, 0.25) is 11.8 Å². The average Bonchev–Trinajstić information content (AvgIpc) is 2.85. The molecule has 35 heavy (non-hydrogen) atoms. The second kappa shape index (κ2) is 11.4. The molecule has 180 valence electrons. The molecule has 1 heterocycles. The summed E-state index contributed by atoms with van der Waals surface area (Å²) in [6.07, 6.45) is 0.746. The van der Waals surface area contributed by atoms with Gasteiger partial charge in [-0.15, -0.1) is 0 Å². The van der Waals surface area contributed by atoms with Gasteiger partial charge in [-0.05, 0) is 73.0 Å². The van der Waals surface area contributed by atoms with Gasteiger partial charge in [-0.2, -0.15) is 0 Å². The molecule has 1 aliphatic heterocycles. The molecule has 1 atom stereocenters. The van der Waals surface area contributed by atoms with Crippen LogP contribution >= 0.6 is 23.4 Å². The van der Waals surface area contributed by atoms with Crippen LogP contribution in [0.4, 0.5) is 11.4 Å². The molecule has 3 aromatic rings. The van der Waals surface area contributed by atoms with Gasteiger partial charge in [-0.25, -0.2) is 4.99 Å². The summed E-state index contributed by atoms with van der Waals surface area (Å²) in [7, 11) is 1.60. The summed E-state index contributed by atoms with van der Waals surface area (Å²) < 4.78 is 5.23. The molecule has 1 aliphatic rings. The number of aliphatic imine (C=N–C) groups is 1. The predicted molar refractivity (Wildman–Crippen MR) is 143 cm³/mol. The second-order valence-electron chi connectivity index (χ2n) is 8.18. The summed E-state index contributed by atoms with van der Waals surface area (Å²) in [4.78, 5) is 32.6. The first-order valence-electron chi connectivity index (χ1n) is 11.2. The number of hydrogen-bond acceptors (Lipinski definition) is 5. The van der Waals surface area contributed by atoms with Gasteiger partial charge in [-0.1, -0.05) is 47.6 Å². The lowest BCUT2D eigenvalue weighted by Gasteiger charge is -2.32. The SMILES string of the molecule is COc1ccc(N=C2S[C@H](C(=O)Nc3cccc(C)c3)CC(=O)N2CCc2ccc(Cl)cc2)cc1. The highest BCUT2D eigenvalue weighted by molar-refractivity contribution is 8.15. The summed E-state index contributed by atoms with van der Waals surface area (Å²) >= 11 is 7.31. The van der Waals surface area contributed by atoms with Gasteiger partial charge in [0.1, 0.15) is 11.0 Å². The van der Waals surface area contributed by atoms with Gasteiger partial charge in [0, 0.05) is 23.7 Å². The number of rotatable bonds is 7. The van der Waals surface area contributed by atoms with E-state index in [0.29, 0.717) is 34.5 Å². The molecule has 0 aromatic heterocycles. The maximum Gasteiger partial charge on any atom is 0.238 e. The van der Waals surface area contributed by atoms with E-state index in [2.05, 4.69) is 5.32 Å². The van der Waals surface area contributed by atoms with E-state index in [0.717, 1.165) is 16.9 Å². The molecule has 0 saturated carbocycles. The van der Waals surface area contributed by atoms with E-state index in [1.165, 1.54) is 11.8 Å². The Hall–Kier alpha value is -3.29. The number of amidine groups is 1. The van der Waals surface area contributed by atoms with Gasteiger partial charge in [0.15, 0.2) is 5.17 Å². The smallest absolute Gasteiger partial charge is 0.238 e. The van der Waals surface area contributed by atoms with E-state index in [-0.39, 0.29) is 18.2 Å². The van der Waals surface area contributed by atoms with Crippen LogP contribution in [0.5, 0.6) is 5.75 Å². The van der Waals surface area contributed by atoms with Crippen molar-refractivity contribution in [2.45, 2.75) is 25.0 Å². The van der Waals surface area contributed by atoms with Crippen LogP contribution in [0.15, 0.2) is 77.8 Å². The number of methoxy groups -OCH3 is 1. The lowest BCUT2D eigenvalue weighted by atomic mass is 10.1. The van der Waals surface area contributed by atoms with Gasteiger partial charge >= 0.3 is 0 Å². The second-order valence-corrected chi connectivity index (χ2v) is 9.79. The Balaban J connectivity index is 1.55. The number of nitrogens with zero attached hydrogens (tertiary/aromatic N) is 2. The van der Waals surface area contributed by atoms with E-state index >= 15 is 0 Å². The summed E-state index contributed by atoms with van der Waals surface area (Å²) in [6, 6.07) is 22.4. The fourth-order valence-electron chi connectivity index (χ4n) is 3.67. The molecule has 8 heteroatoms. The van der Waals surface area contributed by atoms with Crippen LogP contribution in [-0.2, 0) is 16.0 Å². The van der Waals surface area contributed by atoms with Crippen LogP contribution in [0, 0.1) is 6.92 Å².